The normalized spacial score (nSPS) is 13.4. The molecule has 0 saturated carbocycles. The van der Waals surface area contributed by atoms with Crippen LogP contribution < -0.4 is 5.32 Å². The summed E-state index contributed by atoms with van der Waals surface area (Å²) < 4.78 is 5.38. The molecule has 0 radical (unpaired) electrons. The minimum atomic E-state index is -0.464. The molecule has 0 unspecified atom stereocenters. The first-order valence-electron chi connectivity index (χ1n) is 7.65. The number of aromatic nitrogens is 1. The second-order valence-corrected chi connectivity index (χ2v) is 5.71. The van der Waals surface area contributed by atoms with Crippen LogP contribution in [0.5, 0.6) is 0 Å². The third-order valence-electron chi connectivity index (χ3n) is 3.96. The van der Waals surface area contributed by atoms with Crippen molar-refractivity contribution < 1.29 is 18.8 Å². The Bertz CT molecular complexity index is 1000. The second kappa shape index (κ2) is 5.55. The maximum Gasteiger partial charge on any atom is 0.262 e. The van der Waals surface area contributed by atoms with E-state index in [1.807, 2.05) is 0 Å². The van der Waals surface area contributed by atoms with E-state index < -0.39 is 17.7 Å². The van der Waals surface area contributed by atoms with Crippen molar-refractivity contribution in [3.8, 4) is 0 Å². The van der Waals surface area contributed by atoms with Crippen LogP contribution in [0.4, 0.5) is 5.69 Å². The largest absolute Gasteiger partial charge is 0.441 e. The minimum absolute atomic E-state index is 0.319. The average Bonchev–Trinajstić information content (AvgIpc) is 3.07. The van der Waals surface area contributed by atoms with E-state index in [9.17, 15) is 14.4 Å². The van der Waals surface area contributed by atoms with Crippen LogP contribution in [-0.4, -0.2) is 34.2 Å². The summed E-state index contributed by atoms with van der Waals surface area (Å²) in [5.41, 5.74) is 2.40. The molecule has 2 aromatic carbocycles. The molecule has 0 bridgehead atoms. The first-order valence-corrected chi connectivity index (χ1v) is 7.65. The molecule has 0 aliphatic carbocycles. The predicted molar refractivity (Wildman–Crippen MR) is 89.2 cm³/mol. The maximum atomic E-state index is 12.3. The van der Waals surface area contributed by atoms with E-state index in [1.54, 1.807) is 49.4 Å². The van der Waals surface area contributed by atoms with Crippen molar-refractivity contribution in [1.82, 2.24) is 9.88 Å². The fourth-order valence-corrected chi connectivity index (χ4v) is 2.85. The topological polar surface area (TPSA) is 92.5 Å². The molecule has 0 fully saturated rings. The molecule has 25 heavy (non-hydrogen) atoms. The number of imide groups is 1. The van der Waals surface area contributed by atoms with Crippen molar-refractivity contribution in [3.05, 3.63) is 59.5 Å². The van der Waals surface area contributed by atoms with Gasteiger partial charge in [0.05, 0.1) is 11.1 Å². The van der Waals surface area contributed by atoms with E-state index in [-0.39, 0.29) is 6.54 Å². The van der Waals surface area contributed by atoms with E-state index in [0.29, 0.717) is 33.8 Å². The Balaban J connectivity index is 1.50. The van der Waals surface area contributed by atoms with Crippen molar-refractivity contribution in [3.63, 3.8) is 0 Å². The number of fused-ring (bicyclic) bond motifs is 2. The van der Waals surface area contributed by atoms with Gasteiger partial charge in [0.25, 0.3) is 11.8 Å². The van der Waals surface area contributed by atoms with Crippen LogP contribution in [-0.2, 0) is 4.79 Å². The van der Waals surface area contributed by atoms with E-state index in [0.717, 1.165) is 4.90 Å². The van der Waals surface area contributed by atoms with Crippen molar-refractivity contribution in [2.45, 2.75) is 6.92 Å². The molecule has 124 valence electrons. The van der Waals surface area contributed by atoms with Crippen LogP contribution in [0.15, 0.2) is 46.9 Å². The zero-order valence-electron chi connectivity index (χ0n) is 13.3. The first kappa shape index (κ1) is 15.1. The van der Waals surface area contributed by atoms with Crippen LogP contribution in [0.3, 0.4) is 0 Å². The summed E-state index contributed by atoms with van der Waals surface area (Å²) >= 11 is 0. The molecule has 7 heteroatoms. The smallest absolute Gasteiger partial charge is 0.262 e. The monoisotopic (exact) mass is 335 g/mol. The van der Waals surface area contributed by atoms with Gasteiger partial charge in [-0.3, -0.25) is 19.3 Å². The van der Waals surface area contributed by atoms with Gasteiger partial charge in [-0.15, -0.1) is 0 Å². The number of rotatable bonds is 3. The van der Waals surface area contributed by atoms with Crippen molar-refractivity contribution >= 4 is 34.5 Å². The lowest BCUT2D eigenvalue weighted by molar-refractivity contribution is -0.116. The maximum absolute atomic E-state index is 12.3. The summed E-state index contributed by atoms with van der Waals surface area (Å²) in [5.74, 6) is -0.852. The number of hydrogen-bond donors (Lipinski definition) is 1. The lowest BCUT2D eigenvalue weighted by Crippen LogP contribution is -2.37. The highest BCUT2D eigenvalue weighted by molar-refractivity contribution is 6.22. The van der Waals surface area contributed by atoms with Gasteiger partial charge >= 0.3 is 0 Å². The standard InChI is InChI=1S/C18H13N3O4/c1-10-19-14-8-11(6-7-15(14)25-10)20-16(22)9-21-17(23)12-4-2-3-5-13(12)18(21)24/h2-8H,9H2,1H3,(H,20,22). The molecule has 4 rings (SSSR count). The Morgan fingerprint density at radius 2 is 1.80 bits per heavy atom. The zero-order valence-corrected chi connectivity index (χ0v) is 13.3. The number of nitrogens with zero attached hydrogens (tertiary/aromatic N) is 2. The molecule has 3 aromatic rings. The lowest BCUT2D eigenvalue weighted by Gasteiger charge is -2.13. The Hall–Kier alpha value is -3.48. The number of nitrogens with one attached hydrogen (secondary N) is 1. The quantitative estimate of drug-likeness (QED) is 0.742. The number of amides is 3. The summed E-state index contributed by atoms with van der Waals surface area (Å²) in [6.07, 6.45) is 0. The van der Waals surface area contributed by atoms with Crippen molar-refractivity contribution in [2.75, 3.05) is 11.9 Å². The van der Waals surface area contributed by atoms with Crippen LogP contribution in [0, 0.1) is 6.92 Å². The summed E-state index contributed by atoms with van der Waals surface area (Å²) in [6.45, 7) is 1.39. The molecule has 1 N–H and O–H groups in total. The molecule has 1 aliphatic rings. The molecule has 7 nitrogen and oxygen atoms in total. The van der Waals surface area contributed by atoms with Gasteiger partial charge in [0.2, 0.25) is 5.91 Å². The molecule has 0 atom stereocenters. The highest BCUT2D eigenvalue weighted by Gasteiger charge is 2.36. The Labute approximate surface area is 142 Å². The summed E-state index contributed by atoms with van der Waals surface area (Å²) in [6, 6.07) is 11.6. The molecule has 1 aromatic heterocycles. The molecular weight excluding hydrogens is 322 g/mol. The van der Waals surface area contributed by atoms with Gasteiger partial charge in [-0.2, -0.15) is 0 Å². The van der Waals surface area contributed by atoms with Crippen molar-refractivity contribution in [2.24, 2.45) is 0 Å². The molecule has 0 saturated heterocycles. The van der Waals surface area contributed by atoms with Gasteiger partial charge in [0.15, 0.2) is 11.5 Å². The van der Waals surface area contributed by atoms with E-state index >= 15 is 0 Å². The van der Waals surface area contributed by atoms with Crippen LogP contribution in [0.1, 0.15) is 26.6 Å². The number of aryl methyl sites for hydroxylation is 1. The number of anilines is 1. The van der Waals surface area contributed by atoms with Crippen LogP contribution >= 0.6 is 0 Å². The fourth-order valence-electron chi connectivity index (χ4n) is 2.85. The SMILES string of the molecule is Cc1nc2cc(NC(=O)CN3C(=O)c4ccccc4C3=O)ccc2o1. The van der Waals surface area contributed by atoms with Gasteiger partial charge < -0.3 is 9.73 Å². The van der Waals surface area contributed by atoms with Gasteiger partial charge in [-0.05, 0) is 30.3 Å². The molecule has 1 aliphatic heterocycles. The fraction of sp³-hybridized carbons (Fsp3) is 0.111. The number of carbonyl (C=O) groups is 3. The summed E-state index contributed by atoms with van der Waals surface area (Å²) in [7, 11) is 0. The third-order valence-corrected chi connectivity index (χ3v) is 3.96. The third kappa shape index (κ3) is 2.55. The van der Waals surface area contributed by atoms with E-state index in [2.05, 4.69) is 10.3 Å². The number of hydrogen-bond acceptors (Lipinski definition) is 5. The van der Waals surface area contributed by atoms with Gasteiger partial charge in [0, 0.05) is 12.6 Å². The molecule has 3 amide bonds. The van der Waals surface area contributed by atoms with Gasteiger partial charge in [-0.25, -0.2) is 4.98 Å². The summed E-state index contributed by atoms with van der Waals surface area (Å²) in [4.78, 5) is 41.9. The lowest BCUT2D eigenvalue weighted by atomic mass is 10.1. The van der Waals surface area contributed by atoms with E-state index in [4.69, 9.17) is 4.42 Å². The zero-order chi connectivity index (χ0) is 17.6. The highest BCUT2D eigenvalue weighted by atomic mass is 16.3. The second-order valence-electron chi connectivity index (χ2n) is 5.71. The Kier molecular flexibility index (Phi) is 3.35. The Morgan fingerprint density at radius 1 is 1.12 bits per heavy atom. The average molecular weight is 335 g/mol. The predicted octanol–water partition coefficient (Wildman–Crippen LogP) is 2.37. The minimum Gasteiger partial charge on any atom is -0.441 e. The van der Waals surface area contributed by atoms with Crippen LogP contribution in [0.25, 0.3) is 11.1 Å². The Morgan fingerprint density at radius 3 is 2.48 bits per heavy atom. The molecule has 2 heterocycles. The summed E-state index contributed by atoms with van der Waals surface area (Å²) in [5, 5.41) is 2.67. The van der Waals surface area contributed by atoms with Gasteiger partial charge in [0.1, 0.15) is 12.1 Å². The number of benzene rings is 2. The van der Waals surface area contributed by atoms with E-state index in [1.165, 1.54) is 0 Å². The molecule has 0 spiro atoms. The van der Waals surface area contributed by atoms with Crippen LogP contribution in [0.2, 0.25) is 0 Å². The van der Waals surface area contributed by atoms with Crippen molar-refractivity contribution in [1.29, 1.82) is 0 Å². The first-order chi connectivity index (χ1) is 12.0. The highest BCUT2D eigenvalue weighted by Crippen LogP contribution is 2.23. The number of oxazole rings is 1. The molecular formula is C18H13N3O4. The van der Waals surface area contributed by atoms with Gasteiger partial charge in [-0.1, -0.05) is 12.1 Å². The number of carbonyl (C=O) groups excluding carboxylic acids is 3.